The molecule has 0 spiro atoms. The lowest BCUT2D eigenvalue weighted by Gasteiger charge is -2.06. The number of furan rings is 1. The van der Waals surface area contributed by atoms with Gasteiger partial charge in [-0.2, -0.15) is 0 Å². The molecule has 0 bridgehead atoms. The van der Waals surface area contributed by atoms with E-state index in [1.54, 1.807) is 12.1 Å². The Hall–Kier alpha value is -3.37. The highest BCUT2D eigenvalue weighted by atomic mass is 32.2. The average molecular weight is 436 g/mol. The summed E-state index contributed by atoms with van der Waals surface area (Å²) in [4.78, 5) is 11.9. The Labute approximate surface area is 170 Å². The van der Waals surface area contributed by atoms with E-state index in [2.05, 4.69) is 10.0 Å². The molecule has 1 aromatic heterocycles. The van der Waals surface area contributed by atoms with Crippen LogP contribution in [0.1, 0.15) is 11.3 Å². The molecule has 30 heavy (non-hydrogen) atoms. The summed E-state index contributed by atoms with van der Waals surface area (Å²) in [5.41, 5.74) is -0.0199. The maximum absolute atomic E-state index is 13.5. The molecule has 156 valence electrons. The summed E-state index contributed by atoms with van der Waals surface area (Å²) in [7, 11) is -3.76. The van der Waals surface area contributed by atoms with E-state index in [1.165, 1.54) is 36.6 Å². The predicted molar refractivity (Wildman–Crippen MR) is 103 cm³/mol. The van der Waals surface area contributed by atoms with E-state index in [0.717, 1.165) is 6.08 Å². The van der Waals surface area contributed by atoms with E-state index < -0.39 is 39.1 Å². The van der Waals surface area contributed by atoms with Crippen molar-refractivity contribution in [1.82, 2.24) is 4.72 Å². The third kappa shape index (κ3) is 5.37. The minimum atomic E-state index is -3.76. The van der Waals surface area contributed by atoms with Gasteiger partial charge in [0, 0.05) is 18.2 Å². The summed E-state index contributed by atoms with van der Waals surface area (Å²) in [6.45, 7) is -0.00228. The number of anilines is 1. The van der Waals surface area contributed by atoms with Crippen LogP contribution in [0.2, 0.25) is 0 Å². The minimum absolute atomic E-state index is 0.00228. The summed E-state index contributed by atoms with van der Waals surface area (Å²) in [5, 5.41) is 2.09. The second-order valence-electron chi connectivity index (χ2n) is 6.04. The van der Waals surface area contributed by atoms with Crippen molar-refractivity contribution in [3.05, 3.63) is 89.6 Å². The molecule has 1 amide bonds. The largest absolute Gasteiger partial charge is 0.468 e. The number of hydrogen-bond acceptors (Lipinski definition) is 4. The molecule has 0 aliphatic rings. The summed E-state index contributed by atoms with van der Waals surface area (Å²) in [5.74, 6) is -4.10. The van der Waals surface area contributed by atoms with Crippen LogP contribution in [-0.4, -0.2) is 14.3 Å². The van der Waals surface area contributed by atoms with Crippen LogP contribution in [0, 0.1) is 17.5 Å². The smallest absolute Gasteiger partial charge is 0.248 e. The molecule has 0 unspecified atom stereocenters. The van der Waals surface area contributed by atoms with E-state index in [0.29, 0.717) is 23.5 Å². The molecule has 3 aromatic rings. The van der Waals surface area contributed by atoms with Crippen molar-refractivity contribution >= 4 is 27.7 Å². The van der Waals surface area contributed by atoms with Crippen molar-refractivity contribution in [2.75, 3.05) is 5.32 Å². The fourth-order valence-electron chi connectivity index (χ4n) is 2.39. The maximum Gasteiger partial charge on any atom is 0.248 e. The number of hydrogen-bond donors (Lipinski definition) is 2. The molecular formula is C20H15F3N2O4S. The van der Waals surface area contributed by atoms with E-state index in [9.17, 15) is 26.4 Å². The van der Waals surface area contributed by atoms with Crippen LogP contribution in [0.5, 0.6) is 0 Å². The van der Waals surface area contributed by atoms with Crippen LogP contribution in [0.25, 0.3) is 6.08 Å². The third-order valence-electron chi connectivity index (χ3n) is 3.90. The first-order chi connectivity index (χ1) is 14.2. The number of nitrogens with one attached hydrogen (secondary N) is 2. The molecule has 0 aliphatic heterocycles. The molecule has 2 aromatic carbocycles. The van der Waals surface area contributed by atoms with E-state index in [-0.39, 0.29) is 11.4 Å². The molecular weight excluding hydrogens is 421 g/mol. The molecule has 0 aliphatic carbocycles. The standard InChI is InChI=1S/C20H15F3N2O4S/c21-16-10-18(23)19(11-17(16)22)25-20(26)8-5-13-3-6-15(7-4-13)30(27,28)24-12-14-2-1-9-29-14/h1-11,24H,12H2,(H,25,26)/b8-5+. The van der Waals surface area contributed by atoms with Gasteiger partial charge < -0.3 is 9.73 Å². The number of sulfonamides is 1. The number of amides is 1. The first kappa shape index (κ1) is 21.3. The Morgan fingerprint density at radius 1 is 1.00 bits per heavy atom. The van der Waals surface area contributed by atoms with Gasteiger partial charge in [-0.3, -0.25) is 4.79 Å². The number of halogens is 3. The third-order valence-corrected chi connectivity index (χ3v) is 5.32. The first-order valence-electron chi connectivity index (χ1n) is 8.50. The zero-order chi connectivity index (χ0) is 21.7. The minimum Gasteiger partial charge on any atom is -0.468 e. The van der Waals surface area contributed by atoms with Gasteiger partial charge in [0.05, 0.1) is 23.4 Å². The number of carbonyl (C=O) groups is 1. The maximum atomic E-state index is 13.5. The van der Waals surface area contributed by atoms with Crippen LogP contribution in [0.4, 0.5) is 18.9 Å². The summed E-state index contributed by atoms with van der Waals surface area (Å²) >= 11 is 0. The highest BCUT2D eigenvalue weighted by Gasteiger charge is 2.14. The monoisotopic (exact) mass is 436 g/mol. The summed E-state index contributed by atoms with van der Waals surface area (Å²) in [6.07, 6.45) is 3.82. The second kappa shape index (κ2) is 8.97. The number of rotatable bonds is 7. The fraction of sp³-hybridized carbons (Fsp3) is 0.0500. The molecule has 6 nitrogen and oxygen atoms in total. The zero-order valence-electron chi connectivity index (χ0n) is 15.2. The van der Waals surface area contributed by atoms with Crippen LogP contribution < -0.4 is 10.0 Å². The van der Waals surface area contributed by atoms with Crippen molar-refractivity contribution in [2.45, 2.75) is 11.4 Å². The molecule has 0 radical (unpaired) electrons. The topological polar surface area (TPSA) is 88.4 Å². The Morgan fingerprint density at radius 3 is 2.37 bits per heavy atom. The molecule has 3 rings (SSSR count). The van der Waals surface area contributed by atoms with Crippen molar-refractivity contribution in [2.24, 2.45) is 0 Å². The molecule has 10 heteroatoms. The molecule has 1 heterocycles. The predicted octanol–water partition coefficient (Wildman–Crippen LogP) is 3.83. The van der Waals surface area contributed by atoms with Gasteiger partial charge in [0.15, 0.2) is 11.6 Å². The highest BCUT2D eigenvalue weighted by Crippen LogP contribution is 2.18. The van der Waals surface area contributed by atoms with Crippen LogP contribution in [-0.2, 0) is 21.4 Å². The lowest BCUT2D eigenvalue weighted by molar-refractivity contribution is -0.111. The van der Waals surface area contributed by atoms with Gasteiger partial charge in [0.1, 0.15) is 11.6 Å². The van der Waals surface area contributed by atoms with Gasteiger partial charge in [0.25, 0.3) is 0 Å². The Bertz CT molecular complexity index is 1180. The van der Waals surface area contributed by atoms with Gasteiger partial charge in [-0.25, -0.2) is 26.3 Å². The van der Waals surface area contributed by atoms with Crippen molar-refractivity contribution in [1.29, 1.82) is 0 Å². The summed E-state index contributed by atoms with van der Waals surface area (Å²) < 4.78 is 71.6. The van der Waals surface area contributed by atoms with Gasteiger partial charge in [-0.05, 0) is 35.9 Å². The molecule has 0 fully saturated rings. The molecule has 0 saturated heterocycles. The van der Waals surface area contributed by atoms with Gasteiger partial charge in [-0.1, -0.05) is 12.1 Å². The second-order valence-corrected chi connectivity index (χ2v) is 7.81. The lowest BCUT2D eigenvalue weighted by Crippen LogP contribution is -2.22. The molecule has 0 saturated carbocycles. The van der Waals surface area contributed by atoms with Crippen molar-refractivity contribution in [3.63, 3.8) is 0 Å². The number of carbonyl (C=O) groups excluding carboxylic acids is 1. The van der Waals surface area contributed by atoms with Crippen LogP contribution >= 0.6 is 0 Å². The summed E-state index contributed by atoms with van der Waals surface area (Å²) in [6, 6.07) is 9.75. The van der Waals surface area contributed by atoms with Crippen LogP contribution in [0.3, 0.4) is 0 Å². The Morgan fingerprint density at radius 2 is 1.70 bits per heavy atom. The zero-order valence-corrected chi connectivity index (χ0v) is 16.0. The van der Waals surface area contributed by atoms with E-state index in [4.69, 9.17) is 4.42 Å². The van der Waals surface area contributed by atoms with E-state index >= 15 is 0 Å². The Balaban J connectivity index is 1.62. The Kier molecular flexibility index (Phi) is 6.38. The fourth-order valence-corrected chi connectivity index (χ4v) is 3.38. The van der Waals surface area contributed by atoms with E-state index in [1.807, 2.05) is 0 Å². The lowest BCUT2D eigenvalue weighted by atomic mass is 10.2. The van der Waals surface area contributed by atoms with Crippen molar-refractivity contribution in [3.8, 4) is 0 Å². The quantitative estimate of drug-likeness (QED) is 0.435. The highest BCUT2D eigenvalue weighted by molar-refractivity contribution is 7.89. The number of benzene rings is 2. The van der Waals surface area contributed by atoms with Crippen molar-refractivity contribution < 1.29 is 30.8 Å². The SMILES string of the molecule is O=C(/C=C/c1ccc(S(=O)(=O)NCc2ccco2)cc1)Nc1cc(F)c(F)cc1F. The van der Waals surface area contributed by atoms with Crippen LogP contribution in [0.15, 0.2) is 70.2 Å². The molecule has 2 N–H and O–H groups in total. The average Bonchev–Trinajstić information content (AvgIpc) is 3.23. The van der Waals surface area contributed by atoms with Gasteiger partial charge >= 0.3 is 0 Å². The normalized spacial score (nSPS) is 11.7. The van der Waals surface area contributed by atoms with Gasteiger partial charge in [-0.15, -0.1) is 0 Å². The molecule has 0 atom stereocenters. The van der Waals surface area contributed by atoms with Gasteiger partial charge in [0.2, 0.25) is 15.9 Å². The first-order valence-corrected chi connectivity index (χ1v) is 9.98.